The molecule has 0 saturated heterocycles. The third kappa shape index (κ3) is 5.90. The van der Waals surface area contributed by atoms with Crippen LogP contribution in [0.25, 0.3) is 91.8 Å². The number of nitrogens with zero attached hydrogens (tertiary/aromatic N) is 2. The van der Waals surface area contributed by atoms with E-state index in [1.165, 1.54) is 136 Å². The lowest BCUT2D eigenvalue weighted by atomic mass is 9.65. The van der Waals surface area contributed by atoms with Gasteiger partial charge in [-0.2, -0.15) is 0 Å². The maximum Gasteiger partial charge on any atom is 0.0755 e. The maximum atomic E-state index is 2.58. The van der Waals surface area contributed by atoms with Crippen molar-refractivity contribution in [1.82, 2.24) is 4.57 Å². The smallest absolute Gasteiger partial charge is 0.0755 e. The predicted molar refractivity (Wildman–Crippen MR) is 339 cm³/mol. The highest BCUT2D eigenvalue weighted by Crippen LogP contribution is 2.63. The molecule has 1 spiro atoms. The van der Waals surface area contributed by atoms with Crippen LogP contribution in [-0.2, 0) is 10.8 Å². The summed E-state index contributed by atoms with van der Waals surface area (Å²) in [5.41, 5.74) is 23.6. The molecule has 3 heteroatoms. The molecule has 0 amide bonds. The molecule has 13 aromatic carbocycles. The number of rotatable bonds is 6. The van der Waals surface area contributed by atoms with Gasteiger partial charge in [-0.1, -0.05) is 237 Å². The molecule has 3 heterocycles. The zero-order valence-electron chi connectivity index (χ0n) is 44.0. The highest BCUT2D eigenvalue weighted by molar-refractivity contribution is 7.25. The Hall–Kier alpha value is -10.1. The van der Waals surface area contributed by atoms with E-state index < -0.39 is 10.8 Å². The van der Waals surface area contributed by atoms with Crippen LogP contribution >= 0.6 is 11.3 Å². The van der Waals surface area contributed by atoms with Gasteiger partial charge in [0, 0.05) is 47.7 Å². The van der Waals surface area contributed by atoms with Gasteiger partial charge in [0.1, 0.15) is 0 Å². The fourth-order valence-corrected chi connectivity index (χ4v) is 16.4. The zero-order chi connectivity index (χ0) is 53.0. The molecule has 0 fully saturated rings. The first-order chi connectivity index (χ1) is 40.2. The van der Waals surface area contributed by atoms with Gasteiger partial charge in [-0.3, -0.25) is 0 Å². The predicted octanol–water partition coefficient (Wildman–Crippen LogP) is 20.5. The van der Waals surface area contributed by atoms with Gasteiger partial charge >= 0.3 is 0 Å². The van der Waals surface area contributed by atoms with Crippen molar-refractivity contribution >= 4 is 81.1 Å². The summed E-state index contributed by atoms with van der Waals surface area (Å²) in [6, 6.07) is 110. The number of hydrogen-bond acceptors (Lipinski definition) is 2. The number of aromatic nitrogens is 1. The maximum absolute atomic E-state index is 2.58. The van der Waals surface area contributed by atoms with Crippen molar-refractivity contribution in [3.63, 3.8) is 0 Å². The Morgan fingerprint density at radius 1 is 0.309 bits per heavy atom. The highest BCUT2D eigenvalue weighted by atomic mass is 32.1. The van der Waals surface area contributed by atoms with Crippen LogP contribution in [0.3, 0.4) is 0 Å². The molecule has 0 radical (unpaired) electrons. The summed E-state index contributed by atoms with van der Waals surface area (Å²) < 4.78 is 5.16. The Kier molecular flexibility index (Phi) is 9.27. The van der Waals surface area contributed by atoms with E-state index in [-0.39, 0.29) is 0 Å². The lowest BCUT2D eigenvalue weighted by molar-refractivity contribution is 0.748. The zero-order valence-corrected chi connectivity index (χ0v) is 44.8. The second kappa shape index (κ2) is 16.7. The van der Waals surface area contributed by atoms with Crippen LogP contribution in [0.5, 0.6) is 0 Å². The molecule has 0 bridgehead atoms. The van der Waals surface area contributed by atoms with E-state index in [1.807, 2.05) is 11.3 Å². The molecule has 0 N–H and O–H groups in total. The Labute approximate surface area is 473 Å². The van der Waals surface area contributed by atoms with Gasteiger partial charge in [0.05, 0.1) is 33.2 Å². The molecular weight excluding hydrogens is 997 g/mol. The van der Waals surface area contributed by atoms with Crippen molar-refractivity contribution in [3.8, 4) is 39.1 Å². The van der Waals surface area contributed by atoms with Crippen LogP contribution in [0.4, 0.5) is 17.1 Å². The van der Waals surface area contributed by atoms with E-state index in [1.54, 1.807) is 0 Å². The summed E-state index contributed by atoms with van der Waals surface area (Å²) in [5, 5.41) is 7.60. The molecule has 376 valence electrons. The number of anilines is 3. The number of thiophene rings is 1. The first kappa shape index (κ1) is 44.9. The van der Waals surface area contributed by atoms with Gasteiger partial charge < -0.3 is 9.47 Å². The normalized spacial score (nSPS) is 15.1. The average Bonchev–Trinajstić information content (AvgIpc) is 2.82. The topological polar surface area (TPSA) is 8.17 Å². The molecule has 2 aromatic heterocycles. The van der Waals surface area contributed by atoms with Crippen LogP contribution in [0, 0.1) is 0 Å². The number of hydrogen-bond donors (Lipinski definition) is 0. The van der Waals surface area contributed by atoms with Gasteiger partial charge in [0.25, 0.3) is 0 Å². The first-order valence-corrected chi connectivity index (χ1v) is 29.0. The third-order valence-corrected chi connectivity index (χ3v) is 19.6. The van der Waals surface area contributed by atoms with Crippen molar-refractivity contribution in [1.29, 1.82) is 0 Å². The largest absolute Gasteiger partial charge is 0.310 e. The fraction of sp³-hybridized carbons (Fsp3) is 0.0256. The van der Waals surface area contributed by atoms with Gasteiger partial charge in [-0.05, 0) is 138 Å². The second-order valence-corrected chi connectivity index (χ2v) is 23.3. The standard InChI is InChI=1S/C78H48N2S/c1-3-20-51(21-4-1)77(52-22-5-2-6-23-52)65-32-14-10-29-63(65)75-61-28-8-7-25-57(61)72(48-69(75)77)79(53-41-38-49(39-42-53)50-40-44-60-59-27-12-18-37-73(59)81-74(60)46-50)54-43-45-56-55-24-9-13-31-64(55)78(68(56)47-54)66-33-15-17-36-71(66)80-70-35-16-11-26-58(70)62-30-19-34-67(78)76(62)80/h1-48H. The summed E-state index contributed by atoms with van der Waals surface area (Å²) in [4.78, 5) is 2.58. The SMILES string of the molecule is c1ccc(C2(c3ccccc3)c3ccccc3-c3c2cc(N(c2ccc(-c4ccc5c(c4)sc4ccccc45)cc2)c2ccc4c(c2)C2(c5ccccc5-4)c4ccccc4-n4c5ccccc5c5cccc2c54)c2ccccc32)cc1. The van der Waals surface area contributed by atoms with Gasteiger partial charge in [0.2, 0.25) is 0 Å². The lowest BCUT2D eigenvalue weighted by Gasteiger charge is -2.40. The lowest BCUT2D eigenvalue weighted by Crippen LogP contribution is -2.33. The number of para-hydroxylation sites is 3. The quantitative estimate of drug-likeness (QED) is 0.161. The summed E-state index contributed by atoms with van der Waals surface area (Å²) in [5.74, 6) is 0. The van der Waals surface area contributed by atoms with Crippen molar-refractivity contribution in [3.05, 3.63) is 336 Å². The van der Waals surface area contributed by atoms with E-state index in [4.69, 9.17) is 0 Å². The molecule has 2 aliphatic carbocycles. The molecule has 18 rings (SSSR count). The molecular formula is C78H48N2S. The van der Waals surface area contributed by atoms with Crippen molar-refractivity contribution in [2.24, 2.45) is 0 Å². The minimum absolute atomic E-state index is 0.611. The van der Waals surface area contributed by atoms with Gasteiger partial charge in [0.15, 0.2) is 0 Å². The summed E-state index contributed by atoms with van der Waals surface area (Å²) in [6.07, 6.45) is 0. The molecule has 1 aliphatic heterocycles. The molecule has 3 aliphatic rings. The van der Waals surface area contributed by atoms with Crippen LogP contribution in [0.15, 0.2) is 291 Å². The Morgan fingerprint density at radius 3 is 1.67 bits per heavy atom. The Balaban J connectivity index is 0.931. The molecule has 81 heavy (non-hydrogen) atoms. The summed E-state index contributed by atoms with van der Waals surface area (Å²) in [6.45, 7) is 0. The van der Waals surface area contributed by atoms with E-state index in [9.17, 15) is 0 Å². The Morgan fingerprint density at radius 2 is 0.877 bits per heavy atom. The number of fused-ring (bicyclic) bond motifs is 20. The van der Waals surface area contributed by atoms with Crippen LogP contribution in [0.2, 0.25) is 0 Å². The van der Waals surface area contributed by atoms with Crippen molar-refractivity contribution in [2.75, 3.05) is 4.90 Å². The van der Waals surface area contributed by atoms with Crippen LogP contribution in [-0.4, -0.2) is 4.57 Å². The molecule has 0 saturated carbocycles. The molecule has 1 atom stereocenters. The monoisotopic (exact) mass is 1040 g/mol. The average molecular weight is 1050 g/mol. The van der Waals surface area contributed by atoms with E-state index in [0.29, 0.717) is 0 Å². The van der Waals surface area contributed by atoms with E-state index >= 15 is 0 Å². The molecule has 15 aromatic rings. The van der Waals surface area contributed by atoms with E-state index in [2.05, 4.69) is 301 Å². The fourth-order valence-electron chi connectivity index (χ4n) is 15.3. The third-order valence-electron chi connectivity index (χ3n) is 18.5. The van der Waals surface area contributed by atoms with Crippen LogP contribution in [0.1, 0.15) is 44.5 Å². The Bertz CT molecular complexity index is 5080. The molecule has 2 nitrogen and oxygen atoms in total. The van der Waals surface area contributed by atoms with E-state index in [0.717, 1.165) is 17.1 Å². The molecule has 1 unspecified atom stereocenters. The summed E-state index contributed by atoms with van der Waals surface area (Å²) >= 11 is 1.87. The minimum atomic E-state index is -0.624. The van der Waals surface area contributed by atoms with Crippen LogP contribution < -0.4 is 4.90 Å². The second-order valence-electron chi connectivity index (χ2n) is 22.2. The number of benzene rings is 13. The first-order valence-electron chi connectivity index (χ1n) is 28.2. The van der Waals surface area contributed by atoms with Crippen molar-refractivity contribution in [2.45, 2.75) is 10.8 Å². The summed E-state index contributed by atoms with van der Waals surface area (Å²) in [7, 11) is 0. The van der Waals surface area contributed by atoms with Crippen molar-refractivity contribution < 1.29 is 0 Å². The highest BCUT2D eigenvalue weighted by Gasteiger charge is 2.52. The van der Waals surface area contributed by atoms with Gasteiger partial charge in [-0.25, -0.2) is 0 Å². The van der Waals surface area contributed by atoms with Gasteiger partial charge in [-0.15, -0.1) is 11.3 Å². The minimum Gasteiger partial charge on any atom is -0.310 e.